The lowest BCUT2D eigenvalue weighted by Crippen LogP contribution is -2.08. The van der Waals surface area contributed by atoms with E-state index in [-0.39, 0.29) is 0 Å². The molecule has 1 aliphatic rings. The van der Waals surface area contributed by atoms with Crippen LogP contribution in [0.2, 0.25) is 0 Å². The predicted molar refractivity (Wildman–Crippen MR) is 87.6 cm³/mol. The van der Waals surface area contributed by atoms with Gasteiger partial charge in [0.25, 0.3) is 0 Å². The smallest absolute Gasteiger partial charge is 0.141 e. The number of nitrogens with zero attached hydrogens (tertiary/aromatic N) is 3. The van der Waals surface area contributed by atoms with Gasteiger partial charge >= 0.3 is 0 Å². The van der Waals surface area contributed by atoms with Gasteiger partial charge in [-0.05, 0) is 38.3 Å². The lowest BCUT2D eigenvalue weighted by atomic mass is 10.0. The first-order valence-corrected chi connectivity index (χ1v) is 8.25. The van der Waals surface area contributed by atoms with Gasteiger partial charge in [-0.3, -0.25) is 0 Å². The Hall–Kier alpha value is -1.94. The van der Waals surface area contributed by atoms with Gasteiger partial charge in [0, 0.05) is 28.7 Å². The summed E-state index contributed by atoms with van der Waals surface area (Å²) in [6.07, 6.45) is 12.3. The van der Waals surface area contributed by atoms with Crippen LogP contribution in [0, 0.1) is 6.92 Å². The summed E-state index contributed by atoms with van der Waals surface area (Å²) in [7, 11) is 0. The van der Waals surface area contributed by atoms with Gasteiger partial charge in [0.05, 0.1) is 16.7 Å². The SMILES string of the molecule is Cc1nc(-c2cn(C3C=CCCC3)c3ncccc23)cs1. The Labute approximate surface area is 128 Å². The van der Waals surface area contributed by atoms with Gasteiger partial charge in [0.2, 0.25) is 0 Å². The minimum absolute atomic E-state index is 0.421. The van der Waals surface area contributed by atoms with Gasteiger partial charge in [-0.2, -0.15) is 0 Å². The molecule has 0 N–H and O–H groups in total. The second-order valence-electron chi connectivity index (χ2n) is 5.50. The second kappa shape index (κ2) is 5.11. The number of rotatable bonds is 2. The molecule has 0 saturated carbocycles. The monoisotopic (exact) mass is 295 g/mol. The molecule has 1 atom stereocenters. The molecule has 3 aromatic heterocycles. The van der Waals surface area contributed by atoms with Crippen molar-refractivity contribution in [2.45, 2.75) is 32.2 Å². The van der Waals surface area contributed by atoms with E-state index >= 15 is 0 Å². The summed E-state index contributed by atoms with van der Waals surface area (Å²) >= 11 is 1.70. The largest absolute Gasteiger partial charge is 0.325 e. The second-order valence-corrected chi connectivity index (χ2v) is 6.57. The van der Waals surface area contributed by atoms with E-state index < -0.39 is 0 Å². The number of fused-ring (bicyclic) bond motifs is 1. The summed E-state index contributed by atoms with van der Waals surface area (Å²) in [6, 6.07) is 4.58. The Kier molecular flexibility index (Phi) is 3.11. The number of thiazole rings is 1. The van der Waals surface area contributed by atoms with Crippen LogP contribution in [0.3, 0.4) is 0 Å². The maximum Gasteiger partial charge on any atom is 0.141 e. The zero-order valence-electron chi connectivity index (χ0n) is 12.0. The van der Waals surface area contributed by atoms with Gasteiger partial charge in [-0.15, -0.1) is 11.3 Å². The lowest BCUT2D eigenvalue weighted by molar-refractivity contribution is 0.528. The molecular formula is C17H17N3S. The van der Waals surface area contributed by atoms with E-state index in [4.69, 9.17) is 0 Å². The summed E-state index contributed by atoms with van der Waals surface area (Å²) in [5.74, 6) is 0. The number of hydrogen-bond acceptors (Lipinski definition) is 3. The number of hydrogen-bond donors (Lipinski definition) is 0. The van der Waals surface area contributed by atoms with Crippen LogP contribution in [0.1, 0.15) is 30.3 Å². The molecule has 0 bridgehead atoms. The van der Waals surface area contributed by atoms with Gasteiger partial charge in [0.15, 0.2) is 0 Å². The maximum atomic E-state index is 4.65. The maximum absolute atomic E-state index is 4.65. The van der Waals surface area contributed by atoms with E-state index in [2.05, 4.69) is 51.3 Å². The molecule has 1 unspecified atom stereocenters. The molecule has 0 aromatic carbocycles. The summed E-state index contributed by atoms with van der Waals surface area (Å²) in [4.78, 5) is 9.26. The highest BCUT2D eigenvalue weighted by Gasteiger charge is 2.18. The van der Waals surface area contributed by atoms with E-state index in [0.717, 1.165) is 16.3 Å². The van der Waals surface area contributed by atoms with E-state index in [9.17, 15) is 0 Å². The molecule has 4 rings (SSSR count). The zero-order chi connectivity index (χ0) is 14.2. The van der Waals surface area contributed by atoms with Crippen LogP contribution >= 0.6 is 11.3 Å². The van der Waals surface area contributed by atoms with Crippen LogP contribution in [-0.4, -0.2) is 14.5 Å². The van der Waals surface area contributed by atoms with Crippen LogP contribution in [0.5, 0.6) is 0 Å². The van der Waals surface area contributed by atoms with Crippen LogP contribution in [0.15, 0.2) is 42.1 Å². The van der Waals surface area contributed by atoms with Crippen molar-refractivity contribution >= 4 is 22.4 Å². The molecule has 0 aliphatic heterocycles. The van der Waals surface area contributed by atoms with E-state index in [1.165, 1.54) is 30.2 Å². The quantitative estimate of drug-likeness (QED) is 0.639. The molecule has 21 heavy (non-hydrogen) atoms. The Morgan fingerprint density at radius 2 is 2.33 bits per heavy atom. The molecule has 3 heterocycles. The first kappa shape index (κ1) is 12.8. The van der Waals surface area contributed by atoms with Crippen molar-refractivity contribution in [3.63, 3.8) is 0 Å². The van der Waals surface area contributed by atoms with Crippen molar-refractivity contribution in [3.05, 3.63) is 47.1 Å². The van der Waals surface area contributed by atoms with Crippen molar-refractivity contribution in [2.75, 3.05) is 0 Å². The average Bonchev–Trinajstić information content (AvgIpc) is 3.12. The Balaban J connectivity index is 1.92. The minimum atomic E-state index is 0.421. The number of aryl methyl sites for hydroxylation is 1. The number of aromatic nitrogens is 3. The van der Waals surface area contributed by atoms with Crippen molar-refractivity contribution in [1.29, 1.82) is 0 Å². The molecule has 0 spiro atoms. The van der Waals surface area contributed by atoms with E-state index in [1.807, 2.05) is 12.3 Å². The van der Waals surface area contributed by atoms with Gasteiger partial charge in [0.1, 0.15) is 5.65 Å². The number of pyridine rings is 1. The first-order valence-electron chi connectivity index (χ1n) is 7.37. The standard InChI is InChI=1S/C17H17N3S/c1-12-19-16(11-21-12)15-10-20(13-6-3-2-4-7-13)17-14(15)8-5-9-18-17/h3,5-6,8-11,13H,2,4,7H2,1H3. The normalized spacial score (nSPS) is 18.4. The highest BCUT2D eigenvalue weighted by molar-refractivity contribution is 7.09. The zero-order valence-corrected chi connectivity index (χ0v) is 12.8. The Morgan fingerprint density at radius 1 is 1.38 bits per heavy atom. The van der Waals surface area contributed by atoms with Gasteiger partial charge in [-0.25, -0.2) is 9.97 Å². The topological polar surface area (TPSA) is 30.7 Å². The summed E-state index contributed by atoms with van der Waals surface area (Å²) < 4.78 is 2.31. The van der Waals surface area contributed by atoms with E-state index in [0.29, 0.717) is 6.04 Å². The molecule has 106 valence electrons. The third-order valence-electron chi connectivity index (χ3n) is 4.07. The van der Waals surface area contributed by atoms with Crippen LogP contribution in [0.4, 0.5) is 0 Å². The fourth-order valence-electron chi connectivity index (χ4n) is 3.05. The average molecular weight is 295 g/mol. The minimum Gasteiger partial charge on any atom is -0.325 e. The fraction of sp³-hybridized carbons (Fsp3) is 0.294. The van der Waals surface area contributed by atoms with Gasteiger partial charge < -0.3 is 4.57 Å². The first-order chi connectivity index (χ1) is 10.3. The van der Waals surface area contributed by atoms with Crippen molar-refractivity contribution < 1.29 is 0 Å². The number of allylic oxidation sites excluding steroid dienone is 2. The van der Waals surface area contributed by atoms with E-state index in [1.54, 1.807) is 11.3 Å². The molecular weight excluding hydrogens is 278 g/mol. The molecule has 3 nitrogen and oxygen atoms in total. The molecule has 0 saturated heterocycles. The predicted octanol–water partition coefficient (Wildman–Crippen LogP) is 4.75. The Morgan fingerprint density at radius 3 is 3.10 bits per heavy atom. The highest BCUT2D eigenvalue weighted by atomic mass is 32.1. The van der Waals surface area contributed by atoms with Crippen molar-refractivity contribution in [3.8, 4) is 11.3 Å². The van der Waals surface area contributed by atoms with Crippen LogP contribution in [0.25, 0.3) is 22.3 Å². The third-order valence-corrected chi connectivity index (χ3v) is 4.84. The molecule has 0 fully saturated rings. The third kappa shape index (κ3) is 2.20. The summed E-state index contributed by atoms with van der Waals surface area (Å²) in [5, 5.41) is 4.44. The van der Waals surface area contributed by atoms with Crippen molar-refractivity contribution in [2.24, 2.45) is 0 Å². The van der Waals surface area contributed by atoms with Gasteiger partial charge in [-0.1, -0.05) is 12.2 Å². The summed E-state index contributed by atoms with van der Waals surface area (Å²) in [5.41, 5.74) is 3.32. The molecule has 4 heteroatoms. The molecule has 0 radical (unpaired) electrons. The fourth-order valence-corrected chi connectivity index (χ4v) is 3.67. The molecule has 0 amide bonds. The van der Waals surface area contributed by atoms with Crippen LogP contribution < -0.4 is 0 Å². The molecule has 3 aromatic rings. The Bertz CT molecular complexity index is 812. The van der Waals surface area contributed by atoms with Crippen molar-refractivity contribution in [1.82, 2.24) is 14.5 Å². The molecule has 1 aliphatic carbocycles. The lowest BCUT2D eigenvalue weighted by Gasteiger charge is -2.18. The summed E-state index contributed by atoms with van der Waals surface area (Å²) in [6.45, 7) is 2.05. The van der Waals surface area contributed by atoms with Crippen LogP contribution in [-0.2, 0) is 0 Å². The highest BCUT2D eigenvalue weighted by Crippen LogP contribution is 2.34.